The highest BCUT2D eigenvalue weighted by Gasteiger charge is 2.17. The minimum Gasteiger partial charge on any atom is -0.422 e. The van der Waals surface area contributed by atoms with Crippen molar-refractivity contribution in [1.82, 2.24) is 9.78 Å². The molecule has 0 saturated heterocycles. The fourth-order valence-electron chi connectivity index (χ4n) is 2.37. The van der Waals surface area contributed by atoms with Crippen molar-refractivity contribution in [3.63, 3.8) is 0 Å². The summed E-state index contributed by atoms with van der Waals surface area (Å²) in [6.07, 6.45) is 0. The average molecular weight is 405 g/mol. The quantitative estimate of drug-likeness (QED) is 0.471. The van der Waals surface area contributed by atoms with Crippen LogP contribution in [0.4, 0.5) is 0 Å². The van der Waals surface area contributed by atoms with Gasteiger partial charge in [0.05, 0.1) is 21.3 Å². The molecular weight excluding hydrogens is 391 g/mol. The van der Waals surface area contributed by atoms with Crippen molar-refractivity contribution < 1.29 is 19.1 Å². The van der Waals surface area contributed by atoms with Crippen LogP contribution in [0, 0.1) is 0 Å². The fraction of sp³-hybridized carbons (Fsp3) is 0.105. The van der Waals surface area contributed by atoms with Gasteiger partial charge in [0.2, 0.25) is 5.88 Å². The van der Waals surface area contributed by atoms with Gasteiger partial charge in [-0.2, -0.15) is 5.10 Å². The summed E-state index contributed by atoms with van der Waals surface area (Å²) in [5.74, 6) is -0.454. The standard InChI is InChI=1S/C19H14Cl2N2O4/c1-11(24)26-18-10-16(22-23(18)2)13-5-3-4-6-17(13)27-19(25)12-7-8-14(20)15(21)9-12/h3-10H,1-2H3. The van der Waals surface area contributed by atoms with E-state index in [1.54, 1.807) is 37.4 Å². The molecule has 1 heterocycles. The summed E-state index contributed by atoms with van der Waals surface area (Å²) in [5, 5.41) is 4.92. The van der Waals surface area contributed by atoms with Crippen molar-refractivity contribution >= 4 is 35.1 Å². The molecule has 0 spiro atoms. The number of benzene rings is 2. The molecule has 2 aromatic carbocycles. The number of aryl methyl sites for hydroxylation is 1. The van der Waals surface area contributed by atoms with E-state index in [0.717, 1.165) is 0 Å². The Hall–Kier alpha value is -2.83. The molecule has 0 bridgehead atoms. The van der Waals surface area contributed by atoms with E-state index in [9.17, 15) is 9.59 Å². The Bertz CT molecular complexity index is 1030. The second-order valence-corrected chi connectivity index (χ2v) is 6.41. The molecule has 3 aromatic rings. The largest absolute Gasteiger partial charge is 0.422 e. The van der Waals surface area contributed by atoms with Crippen LogP contribution in [0.1, 0.15) is 17.3 Å². The molecule has 0 atom stereocenters. The maximum atomic E-state index is 12.5. The molecular formula is C19H14Cl2N2O4. The van der Waals surface area contributed by atoms with Crippen molar-refractivity contribution in [2.45, 2.75) is 6.92 Å². The number of hydrogen-bond donors (Lipinski definition) is 0. The summed E-state index contributed by atoms with van der Waals surface area (Å²) >= 11 is 11.8. The zero-order chi connectivity index (χ0) is 19.6. The van der Waals surface area contributed by atoms with E-state index in [1.807, 2.05) is 0 Å². The maximum Gasteiger partial charge on any atom is 0.343 e. The van der Waals surface area contributed by atoms with Gasteiger partial charge in [0.25, 0.3) is 0 Å². The van der Waals surface area contributed by atoms with Gasteiger partial charge in [-0.1, -0.05) is 35.3 Å². The molecule has 0 radical (unpaired) electrons. The van der Waals surface area contributed by atoms with Gasteiger partial charge in [-0.05, 0) is 30.3 Å². The summed E-state index contributed by atoms with van der Waals surface area (Å²) in [6.45, 7) is 1.31. The van der Waals surface area contributed by atoms with Gasteiger partial charge in [-0.3, -0.25) is 4.79 Å². The Morgan fingerprint density at radius 3 is 2.44 bits per heavy atom. The molecule has 0 aliphatic carbocycles. The third kappa shape index (κ3) is 4.30. The lowest BCUT2D eigenvalue weighted by atomic mass is 10.1. The van der Waals surface area contributed by atoms with E-state index in [4.69, 9.17) is 32.7 Å². The highest BCUT2D eigenvalue weighted by molar-refractivity contribution is 6.42. The first-order valence-electron chi connectivity index (χ1n) is 7.84. The van der Waals surface area contributed by atoms with Crippen molar-refractivity contribution in [1.29, 1.82) is 0 Å². The van der Waals surface area contributed by atoms with Crippen LogP contribution in [-0.4, -0.2) is 21.7 Å². The summed E-state index contributed by atoms with van der Waals surface area (Å²) in [5.41, 5.74) is 1.33. The van der Waals surface area contributed by atoms with Gasteiger partial charge in [0, 0.05) is 25.6 Å². The number of rotatable bonds is 4. The van der Waals surface area contributed by atoms with Crippen molar-refractivity contribution in [3.8, 4) is 22.9 Å². The fourth-order valence-corrected chi connectivity index (χ4v) is 2.67. The number of halogens is 2. The van der Waals surface area contributed by atoms with E-state index >= 15 is 0 Å². The third-order valence-electron chi connectivity index (χ3n) is 3.61. The highest BCUT2D eigenvalue weighted by Crippen LogP contribution is 2.32. The van der Waals surface area contributed by atoms with Gasteiger partial charge in [0.15, 0.2) is 0 Å². The first kappa shape index (κ1) is 18.9. The normalized spacial score (nSPS) is 10.5. The number of carbonyl (C=O) groups is 2. The van der Waals surface area contributed by atoms with Gasteiger partial charge >= 0.3 is 11.9 Å². The molecule has 0 unspecified atom stereocenters. The Kier molecular flexibility index (Phi) is 5.48. The molecule has 0 amide bonds. The number of esters is 2. The van der Waals surface area contributed by atoms with E-state index in [2.05, 4.69) is 5.10 Å². The lowest BCUT2D eigenvalue weighted by Gasteiger charge is -2.09. The average Bonchev–Trinajstić information content (AvgIpc) is 2.97. The molecule has 0 aliphatic heterocycles. The Morgan fingerprint density at radius 2 is 1.74 bits per heavy atom. The first-order chi connectivity index (χ1) is 12.8. The molecule has 0 saturated carbocycles. The lowest BCUT2D eigenvalue weighted by molar-refractivity contribution is -0.132. The zero-order valence-corrected chi connectivity index (χ0v) is 15.9. The number of para-hydroxylation sites is 1. The second-order valence-electron chi connectivity index (χ2n) is 5.60. The van der Waals surface area contributed by atoms with E-state index in [1.165, 1.54) is 29.8 Å². The van der Waals surface area contributed by atoms with Crippen LogP contribution in [-0.2, 0) is 11.8 Å². The van der Waals surface area contributed by atoms with Crippen LogP contribution in [0.5, 0.6) is 11.6 Å². The SMILES string of the molecule is CC(=O)Oc1cc(-c2ccccc2OC(=O)c2ccc(Cl)c(Cl)c2)nn1C. The van der Waals surface area contributed by atoms with E-state index < -0.39 is 11.9 Å². The second kappa shape index (κ2) is 7.82. The Balaban J connectivity index is 1.91. The lowest BCUT2D eigenvalue weighted by Crippen LogP contribution is -2.09. The Morgan fingerprint density at radius 1 is 1.00 bits per heavy atom. The Labute approximate surface area is 165 Å². The summed E-state index contributed by atoms with van der Waals surface area (Å²) < 4.78 is 12.0. The van der Waals surface area contributed by atoms with Crippen LogP contribution in [0.3, 0.4) is 0 Å². The number of carbonyl (C=O) groups excluding carboxylic acids is 2. The first-order valence-corrected chi connectivity index (χ1v) is 8.60. The minimum absolute atomic E-state index is 0.259. The molecule has 0 aliphatic rings. The van der Waals surface area contributed by atoms with Crippen LogP contribution in [0.25, 0.3) is 11.3 Å². The van der Waals surface area contributed by atoms with E-state index in [-0.39, 0.29) is 16.5 Å². The molecule has 6 nitrogen and oxygen atoms in total. The number of aromatic nitrogens is 2. The molecule has 27 heavy (non-hydrogen) atoms. The van der Waals surface area contributed by atoms with Crippen molar-refractivity contribution in [2.75, 3.05) is 0 Å². The molecule has 138 valence electrons. The topological polar surface area (TPSA) is 70.4 Å². The zero-order valence-electron chi connectivity index (χ0n) is 14.4. The summed E-state index contributed by atoms with van der Waals surface area (Å²) in [4.78, 5) is 23.6. The molecule has 0 fully saturated rings. The molecule has 3 rings (SSSR count). The van der Waals surface area contributed by atoms with Crippen LogP contribution in [0.2, 0.25) is 10.0 Å². The number of hydrogen-bond acceptors (Lipinski definition) is 5. The number of nitrogens with zero attached hydrogens (tertiary/aromatic N) is 2. The summed E-state index contributed by atoms with van der Waals surface area (Å²) in [7, 11) is 1.64. The highest BCUT2D eigenvalue weighted by atomic mass is 35.5. The van der Waals surface area contributed by atoms with Gasteiger partial charge in [-0.15, -0.1) is 0 Å². The van der Waals surface area contributed by atoms with Crippen molar-refractivity contribution in [3.05, 3.63) is 64.1 Å². The minimum atomic E-state index is -0.586. The van der Waals surface area contributed by atoms with E-state index in [0.29, 0.717) is 22.0 Å². The molecule has 1 aromatic heterocycles. The van der Waals surface area contributed by atoms with Crippen LogP contribution >= 0.6 is 23.2 Å². The molecule has 0 N–H and O–H groups in total. The monoisotopic (exact) mass is 404 g/mol. The summed E-state index contributed by atoms with van der Waals surface area (Å²) in [6, 6.07) is 13.0. The predicted molar refractivity (Wildman–Crippen MR) is 101 cm³/mol. The molecule has 8 heteroatoms. The van der Waals surface area contributed by atoms with Crippen LogP contribution < -0.4 is 9.47 Å². The van der Waals surface area contributed by atoms with Crippen LogP contribution in [0.15, 0.2) is 48.5 Å². The smallest absolute Gasteiger partial charge is 0.343 e. The van der Waals surface area contributed by atoms with Crippen molar-refractivity contribution in [2.24, 2.45) is 7.05 Å². The van der Waals surface area contributed by atoms with Gasteiger partial charge in [-0.25, -0.2) is 9.48 Å². The predicted octanol–water partition coefficient (Wildman–Crippen LogP) is 4.54. The number of ether oxygens (including phenoxy) is 2. The van der Waals surface area contributed by atoms with Gasteiger partial charge < -0.3 is 9.47 Å². The van der Waals surface area contributed by atoms with Gasteiger partial charge in [0.1, 0.15) is 5.75 Å². The third-order valence-corrected chi connectivity index (χ3v) is 4.35. The maximum absolute atomic E-state index is 12.5.